The van der Waals surface area contributed by atoms with E-state index in [1.807, 2.05) is 0 Å². The van der Waals surface area contributed by atoms with Crippen LogP contribution >= 0.6 is 0 Å². The predicted octanol–water partition coefficient (Wildman–Crippen LogP) is 3.60. The molecule has 7 nitrogen and oxygen atoms in total. The van der Waals surface area contributed by atoms with Crippen LogP contribution in [0, 0.1) is 38.9 Å². The van der Waals surface area contributed by atoms with Gasteiger partial charge in [0, 0.05) is 24.5 Å². The van der Waals surface area contributed by atoms with Gasteiger partial charge in [0.05, 0.1) is 17.4 Å². The number of aryl methyl sites for hydroxylation is 1. The lowest BCUT2D eigenvalue weighted by atomic mass is 9.92. The molecule has 2 aromatic rings. The number of Topliss-reactive ketones (excluding diaryl/α,β-unsaturated/α-hetero) is 1. The van der Waals surface area contributed by atoms with E-state index in [1.165, 1.54) is 18.2 Å². The standard InChI is InChI=1S/C26H30FN3O4/c1-6-13-34-20-10-7-18(8-11-20)28-26(33)24(31)23-16(3)22(17(4)30(23)5)25(32)29-19-9-12-21(27)15(2)14-19/h1,9,12,14,18,20H,7-8,10-11,13H2,2-5H3,(H,28,33)(H,29,32). The van der Waals surface area contributed by atoms with Crippen LogP contribution in [0.3, 0.4) is 0 Å². The van der Waals surface area contributed by atoms with Gasteiger partial charge in [-0.05, 0) is 75.8 Å². The van der Waals surface area contributed by atoms with Crippen molar-refractivity contribution in [3.63, 3.8) is 0 Å². The second-order valence-corrected chi connectivity index (χ2v) is 8.70. The fourth-order valence-electron chi connectivity index (χ4n) is 4.45. The molecule has 0 saturated heterocycles. The first-order chi connectivity index (χ1) is 16.1. The van der Waals surface area contributed by atoms with Gasteiger partial charge in [-0.3, -0.25) is 14.4 Å². The van der Waals surface area contributed by atoms with Crippen molar-refractivity contribution in [3.05, 3.63) is 52.1 Å². The Kier molecular flexibility index (Phi) is 7.90. The Morgan fingerprint density at radius 2 is 1.85 bits per heavy atom. The number of amides is 2. The van der Waals surface area contributed by atoms with Crippen molar-refractivity contribution >= 4 is 23.3 Å². The Balaban J connectivity index is 1.71. The lowest BCUT2D eigenvalue weighted by molar-refractivity contribution is -0.118. The van der Waals surface area contributed by atoms with E-state index in [2.05, 4.69) is 16.6 Å². The third-order valence-corrected chi connectivity index (χ3v) is 6.41. The zero-order valence-electron chi connectivity index (χ0n) is 20.0. The average molecular weight is 468 g/mol. The normalized spacial score (nSPS) is 17.6. The summed E-state index contributed by atoms with van der Waals surface area (Å²) in [4.78, 5) is 38.8. The number of anilines is 1. The quantitative estimate of drug-likeness (QED) is 0.370. The summed E-state index contributed by atoms with van der Waals surface area (Å²) < 4.78 is 20.7. The maximum absolute atomic E-state index is 13.5. The molecule has 34 heavy (non-hydrogen) atoms. The molecular formula is C26H30FN3O4. The van der Waals surface area contributed by atoms with E-state index in [1.54, 1.807) is 32.4 Å². The third kappa shape index (κ3) is 5.37. The van der Waals surface area contributed by atoms with Crippen LogP contribution in [0.1, 0.15) is 63.4 Å². The monoisotopic (exact) mass is 467 g/mol. The summed E-state index contributed by atoms with van der Waals surface area (Å²) in [7, 11) is 1.65. The fraction of sp³-hybridized carbons (Fsp3) is 0.423. The molecular weight excluding hydrogens is 437 g/mol. The van der Waals surface area contributed by atoms with Crippen LogP contribution in [0.5, 0.6) is 0 Å². The molecule has 8 heteroatoms. The summed E-state index contributed by atoms with van der Waals surface area (Å²) in [6.45, 7) is 5.23. The molecule has 1 aliphatic carbocycles. The summed E-state index contributed by atoms with van der Waals surface area (Å²) in [5.74, 6) is 0.274. The number of ether oxygens (including phenoxy) is 1. The molecule has 3 rings (SSSR count). The summed E-state index contributed by atoms with van der Waals surface area (Å²) in [6, 6.07) is 4.17. The number of benzene rings is 1. The maximum Gasteiger partial charge on any atom is 0.294 e. The number of halogens is 1. The van der Waals surface area contributed by atoms with E-state index < -0.39 is 17.6 Å². The van der Waals surface area contributed by atoms with Crippen molar-refractivity contribution in [3.8, 4) is 12.3 Å². The summed E-state index contributed by atoms with van der Waals surface area (Å²) in [6.07, 6.45) is 8.21. The number of rotatable bonds is 7. The molecule has 1 aromatic carbocycles. The first-order valence-electron chi connectivity index (χ1n) is 11.3. The van der Waals surface area contributed by atoms with Crippen LogP contribution in [0.15, 0.2) is 18.2 Å². The maximum atomic E-state index is 13.5. The minimum atomic E-state index is -0.696. The van der Waals surface area contributed by atoms with Crippen molar-refractivity contribution < 1.29 is 23.5 Å². The summed E-state index contributed by atoms with van der Waals surface area (Å²) in [5.41, 5.74) is 2.30. The molecule has 2 amide bonds. The van der Waals surface area contributed by atoms with Crippen molar-refractivity contribution in [2.24, 2.45) is 7.05 Å². The van der Waals surface area contributed by atoms with Crippen LogP contribution < -0.4 is 10.6 Å². The molecule has 1 aromatic heterocycles. The van der Waals surface area contributed by atoms with Gasteiger partial charge in [0.1, 0.15) is 12.4 Å². The lowest BCUT2D eigenvalue weighted by Crippen LogP contribution is -2.42. The Morgan fingerprint density at radius 1 is 1.18 bits per heavy atom. The first-order valence-corrected chi connectivity index (χ1v) is 11.3. The second-order valence-electron chi connectivity index (χ2n) is 8.70. The average Bonchev–Trinajstić information content (AvgIpc) is 3.03. The second kappa shape index (κ2) is 10.7. The van der Waals surface area contributed by atoms with E-state index in [9.17, 15) is 18.8 Å². The van der Waals surface area contributed by atoms with E-state index in [0.717, 1.165) is 12.8 Å². The molecule has 2 N–H and O–H groups in total. The Hall–Kier alpha value is -3.44. The number of aromatic nitrogens is 1. The highest BCUT2D eigenvalue weighted by Crippen LogP contribution is 2.25. The number of hydrogen-bond donors (Lipinski definition) is 2. The molecule has 1 aliphatic rings. The number of nitrogens with zero attached hydrogens (tertiary/aromatic N) is 1. The van der Waals surface area contributed by atoms with Gasteiger partial charge in [-0.25, -0.2) is 4.39 Å². The largest absolute Gasteiger partial charge is 0.366 e. The van der Waals surface area contributed by atoms with Gasteiger partial charge in [0.25, 0.3) is 17.6 Å². The van der Waals surface area contributed by atoms with E-state index in [-0.39, 0.29) is 30.3 Å². The first kappa shape index (κ1) is 25.2. The molecule has 1 heterocycles. The van der Waals surface area contributed by atoms with Gasteiger partial charge >= 0.3 is 0 Å². The molecule has 0 unspecified atom stereocenters. The van der Waals surface area contributed by atoms with Crippen LogP contribution in [0.2, 0.25) is 0 Å². The lowest BCUT2D eigenvalue weighted by Gasteiger charge is -2.28. The van der Waals surface area contributed by atoms with Gasteiger partial charge < -0.3 is 19.9 Å². The fourth-order valence-corrected chi connectivity index (χ4v) is 4.45. The van der Waals surface area contributed by atoms with Gasteiger partial charge in [0.15, 0.2) is 0 Å². The van der Waals surface area contributed by atoms with Gasteiger partial charge in [-0.2, -0.15) is 0 Å². The number of carbonyl (C=O) groups excluding carboxylic acids is 3. The van der Waals surface area contributed by atoms with Crippen molar-refractivity contribution in [1.82, 2.24) is 9.88 Å². The summed E-state index contributed by atoms with van der Waals surface area (Å²) in [5, 5.41) is 5.57. The van der Waals surface area contributed by atoms with Crippen LogP contribution in [0.4, 0.5) is 10.1 Å². The highest BCUT2D eigenvalue weighted by Gasteiger charge is 2.30. The molecule has 0 bridgehead atoms. The number of hydrogen-bond acceptors (Lipinski definition) is 4. The Labute approximate surface area is 199 Å². The molecule has 0 spiro atoms. The molecule has 1 fully saturated rings. The SMILES string of the molecule is C#CCOC1CCC(NC(=O)C(=O)c2c(C)c(C(=O)Nc3ccc(F)c(C)c3)c(C)n2C)CC1. The molecule has 0 aliphatic heterocycles. The number of nitrogens with one attached hydrogen (secondary N) is 2. The highest BCUT2D eigenvalue weighted by atomic mass is 19.1. The van der Waals surface area contributed by atoms with Gasteiger partial charge in [-0.1, -0.05) is 5.92 Å². The molecule has 0 atom stereocenters. The topological polar surface area (TPSA) is 89.4 Å². The number of carbonyl (C=O) groups is 3. The molecule has 0 radical (unpaired) electrons. The third-order valence-electron chi connectivity index (χ3n) is 6.41. The van der Waals surface area contributed by atoms with Crippen LogP contribution in [0.25, 0.3) is 0 Å². The van der Waals surface area contributed by atoms with Crippen molar-refractivity contribution in [2.45, 2.75) is 58.6 Å². The van der Waals surface area contributed by atoms with Crippen molar-refractivity contribution in [1.29, 1.82) is 0 Å². The predicted molar refractivity (Wildman–Crippen MR) is 127 cm³/mol. The van der Waals surface area contributed by atoms with E-state index >= 15 is 0 Å². The Morgan fingerprint density at radius 3 is 2.47 bits per heavy atom. The molecule has 180 valence electrons. The highest BCUT2D eigenvalue weighted by molar-refractivity contribution is 6.43. The van der Waals surface area contributed by atoms with Gasteiger partial charge in [-0.15, -0.1) is 6.42 Å². The van der Waals surface area contributed by atoms with E-state index in [0.29, 0.717) is 40.9 Å². The minimum Gasteiger partial charge on any atom is -0.366 e. The molecule has 1 saturated carbocycles. The zero-order chi connectivity index (χ0) is 25.0. The van der Waals surface area contributed by atoms with Crippen LogP contribution in [-0.4, -0.2) is 40.9 Å². The minimum absolute atomic E-state index is 0.0728. The van der Waals surface area contributed by atoms with Gasteiger partial charge in [0.2, 0.25) is 0 Å². The zero-order valence-corrected chi connectivity index (χ0v) is 20.0. The van der Waals surface area contributed by atoms with E-state index in [4.69, 9.17) is 11.2 Å². The van der Waals surface area contributed by atoms with Crippen molar-refractivity contribution in [2.75, 3.05) is 11.9 Å². The summed E-state index contributed by atoms with van der Waals surface area (Å²) >= 11 is 0. The van der Waals surface area contributed by atoms with Crippen LogP contribution in [-0.2, 0) is 16.6 Å². The smallest absolute Gasteiger partial charge is 0.294 e. The number of terminal acetylenes is 1. The Bertz CT molecular complexity index is 1150. The number of ketones is 1.